The summed E-state index contributed by atoms with van der Waals surface area (Å²) in [6.07, 6.45) is -1.64. The third-order valence-corrected chi connectivity index (χ3v) is 5.97. The molecule has 38 heavy (non-hydrogen) atoms. The second kappa shape index (κ2) is 11.0. The SMILES string of the molecule is CCOc1ccc(/C(O)=C2/C(=O)C(=O)N(Cc3cccc(C(F)(F)F)c3)C2c2cccnc2)c(OCC)c1. The lowest BCUT2D eigenvalue weighted by atomic mass is 9.95. The Morgan fingerprint density at radius 2 is 1.79 bits per heavy atom. The van der Waals surface area contributed by atoms with Gasteiger partial charge in [-0.05, 0) is 55.3 Å². The van der Waals surface area contributed by atoms with E-state index in [1.54, 1.807) is 31.2 Å². The smallest absolute Gasteiger partial charge is 0.416 e. The van der Waals surface area contributed by atoms with Crippen LogP contribution in [0, 0.1) is 0 Å². The molecule has 0 saturated carbocycles. The van der Waals surface area contributed by atoms with Gasteiger partial charge in [0.05, 0.1) is 36.0 Å². The number of hydrogen-bond donors (Lipinski definition) is 1. The summed E-state index contributed by atoms with van der Waals surface area (Å²) < 4.78 is 51.0. The van der Waals surface area contributed by atoms with Crippen molar-refractivity contribution in [2.75, 3.05) is 13.2 Å². The van der Waals surface area contributed by atoms with Gasteiger partial charge in [-0.1, -0.05) is 18.2 Å². The molecule has 1 unspecified atom stereocenters. The zero-order valence-electron chi connectivity index (χ0n) is 20.7. The van der Waals surface area contributed by atoms with Crippen molar-refractivity contribution in [2.45, 2.75) is 32.6 Å². The van der Waals surface area contributed by atoms with Crippen molar-refractivity contribution in [3.63, 3.8) is 0 Å². The summed E-state index contributed by atoms with van der Waals surface area (Å²) in [7, 11) is 0. The monoisotopic (exact) mass is 526 g/mol. The first-order valence-electron chi connectivity index (χ1n) is 11.9. The Hall–Kier alpha value is -4.34. The summed E-state index contributed by atoms with van der Waals surface area (Å²) in [5, 5.41) is 11.4. The van der Waals surface area contributed by atoms with Crippen LogP contribution in [0.15, 0.2) is 72.6 Å². The highest BCUT2D eigenvalue weighted by molar-refractivity contribution is 6.46. The minimum atomic E-state index is -4.57. The van der Waals surface area contributed by atoms with E-state index in [-0.39, 0.29) is 35.6 Å². The van der Waals surface area contributed by atoms with Crippen LogP contribution >= 0.6 is 0 Å². The first-order chi connectivity index (χ1) is 18.2. The van der Waals surface area contributed by atoms with Crippen LogP contribution in [0.1, 0.15) is 42.1 Å². The van der Waals surface area contributed by atoms with Crippen LogP contribution in [-0.4, -0.2) is 39.9 Å². The summed E-state index contributed by atoms with van der Waals surface area (Å²) in [6.45, 7) is 3.92. The van der Waals surface area contributed by atoms with E-state index in [4.69, 9.17) is 9.47 Å². The fourth-order valence-corrected chi connectivity index (χ4v) is 4.34. The molecule has 0 aliphatic carbocycles. The number of benzene rings is 2. The Labute approximate surface area is 217 Å². The van der Waals surface area contributed by atoms with E-state index in [2.05, 4.69) is 4.98 Å². The van der Waals surface area contributed by atoms with Crippen molar-refractivity contribution in [1.29, 1.82) is 0 Å². The van der Waals surface area contributed by atoms with Crippen molar-refractivity contribution in [2.24, 2.45) is 0 Å². The number of aliphatic hydroxyl groups is 1. The fourth-order valence-electron chi connectivity index (χ4n) is 4.34. The van der Waals surface area contributed by atoms with Crippen LogP contribution in [0.3, 0.4) is 0 Å². The maximum atomic E-state index is 13.3. The number of halogens is 3. The van der Waals surface area contributed by atoms with Gasteiger partial charge in [0.15, 0.2) is 0 Å². The van der Waals surface area contributed by atoms with Gasteiger partial charge in [0, 0.05) is 25.0 Å². The summed E-state index contributed by atoms with van der Waals surface area (Å²) >= 11 is 0. The number of Topliss-reactive ketones (excluding diaryl/α,β-unsaturated/α-hetero) is 1. The first-order valence-corrected chi connectivity index (χ1v) is 11.9. The van der Waals surface area contributed by atoms with Gasteiger partial charge in [0.25, 0.3) is 11.7 Å². The van der Waals surface area contributed by atoms with Gasteiger partial charge in [-0.25, -0.2) is 0 Å². The predicted molar refractivity (Wildman–Crippen MR) is 132 cm³/mol. The summed E-state index contributed by atoms with van der Waals surface area (Å²) in [5.74, 6) is -1.68. The molecular formula is C28H25F3N2O5. The highest BCUT2D eigenvalue weighted by atomic mass is 19.4. The molecule has 4 rings (SSSR count). The third-order valence-electron chi connectivity index (χ3n) is 5.97. The Morgan fingerprint density at radius 1 is 1.03 bits per heavy atom. The van der Waals surface area contributed by atoms with E-state index in [1.807, 2.05) is 6.92 Å². The maximum absolute atomic E-state index is 13.3. The predicted octanol–water partition coefficient (Wildman–Crippen LogP) is 5.52. The van der Waals surface area contributed by atoms with E-state index < -0.39 is 35.2 Å². The number of alkyl halides is 3. The van der Waals surface area contributed by atoms with Gasteiger partial charge in [0.1, 0.15) is 17.3 Å². The average Bonchev–Trinajstić information content (AvgIpc) is 3.14. The number of nitrogens with zero attached hydrogens (tertiary/aromatic N) is 2. The number of carbonyl (C=O) groups excluding carboxylic acids is 2. The van der Waals surface area contributed by atoms with Crippen LogP contribution in [0.25, 0.3) is 5.76 Å². The van der Waals surface area contributed by atoms with Crippen LogP contribution < -0.4 is 9.47 Å². The Balaban J connectivity index is 1.84. The molecule has 0 radical (unpaired) electrons. The molecule has 198 valence electrons. The fraction of sp³-hybridized carbons (Fsp3) is 0.250. The number of pyridine rings is 1. The lowest BCUT2D eigenvalue weighted by Crippen LogP contribution is -2.29. The number of carbonyl (C=O) groups is 2. The van der Waals surface area contributed by atoms with Gasteiger partial charge in [0.2, 0.25) is 0 Å². The van der Waals surface area contributed by atoms with Crippen molar-refractivity contribution in [3.8, 4) is 11.5 Å². The first kappa shape index (κ1) is 26.7. The lowest BCUT2D eigenvalue weighted by molar-refractivity contribution is -0.140. The van der Waals surface area contributed by atoms with Gasteiger partial charge in [-0.2, -0.15) is 13.2 Å². The Morgan fingerprint density at radius 3 is 2.45 bits per heavy atom. The van der Waals surface area contributed by atoms with E-state index in [1.165, 1.54) is 30.6 Å². The molecule has 3 aromatic rings. The lowest BCUT2D eigenvalue weighted by Gasteiger charge is -2.25. The molecule has 1 aliphatic rings. The minimum absolute atomic E-state index is 0.168. The molecule has 1 atom stereocenters. The van der Waals surface area contributed by atoms with Gasteiger partial charge in [-0.3, -0.25) is 14.6 Å². The van der Waals surface area contributed by atoms with E-state index >= 15 is 0 Å². The third kappa shape index (κ3) is 5.34. The molecule has 1 saturated heterocycles. The van der Waals surface area contributed by atoms with E-state index in [0.717, 1.165) is 17.0 Å². The van der Waals surface area contributed by atoms with Crippen molar-refractivity contribution < 1.29 is 37.3 Å². The molecule has 1 aliphatic heterocycles. The maximum Gasteiger partial charge on any atom is 0.416 e. The number of hydrogen-bond acceptors (Lipinski definition) is 6. The topological polar surface area (TPSA) is 89.0 Å². The number of rotatable bonds is 8. The van der Waals surface area contributed by atoms with Crippen LogP contribution in [0.2, 0.25) is 0 Å². The average molecular weight is 527 g/mol. The quantitative estimate of drug-likeness (QED) is 0.236. The van der Waals surface area contributed by atoms with Gasteiger partial charge in [-0.15, -0.1) is 0 Å². The second-order valence-electron chi connectivity index (χ2n) is 8.44. The molecule has 1 N–H and O–H groups in total. The normalized spacial score (nSPS) is 17.1. The standard InChI is InChI=1S/C28H25F3N2O5/c1-3-37-20-10-11-21(22(14-20)38-4-2)25(34)23-24(18-8-6-12-32-15-18)33(27(36)26(23)35)16-17-7-5-9-19(13-17)28(29,30)31/h5-15,24,34H,3-4,16H2,1-2H3/b25-23-. The largest absolute Gasteiger partial charge is 0.507 e. The molecule has 1 fully saturated rings. The van der Waals surface area contributed by atoms with Gasteiger partial charge < -0.3 is 19.5 Å². The minimum Gasteiger partial charge on any atom is -0.507 e. The molecule has 1 amide bonds. The van der Waals surface area contributed by atoms with Crippen LogP contribution in [-0.2, 0) is 22.3 Å². The van der Waals surface area contributed by atoms with Crippen LogP contribution in [0.4, 0.5) is 13.2 Å². The number of likely N-dealkylation sites (tertiary alicyclic amines) is 1. The molecule has 0 spiro atoms. The number of aromatic nitrogens is 1. The number of ketones is 1. The summed E-state index contributed by atoms with van der Waals surface area (Å²) in [6, 6.07) is 11.3. The molecule has 10 heteroatoms. The van der Waals surface area contributed by atoms with E-state index in [9.17, 15) is 27.9 Å². The molecule has 2 aromatic carbocycles. The summed E-state index contributed by atoms with van der Waals surface area (Å²) in [4.78, 5) is 31.7. The molecule has 1 aromatic heterocycles. The second-order valence-corrected chi connectivity index (χ2v) is 8.44. The van der Waals surface area contributed by atoms with Gasteiger partial charge >= 0.3 is 6.18 Å². The zero-order chi connectivity index (χ0) is 27.4. The van der Waals surface area contributed by atoms with Crippen LogP contribution in [0.5, 0.6) is 11.5 Å². The zero-order valence-corrected chi connectivity index (χ0v) is 20.7. The molecule has 7 nitrogen and oxygen atoms in total. The molecular weight excluding hydrogens is 501 g/mol. The number of amides is 1. The Kier molecular flexibility index (Phi) is 7.70. The van der Waals surface area contributed by atoms with E-state index in [0.29, 0.717) is 17.9 Å². The van der Waals surface area contributed by atoms with Crippen molar-refractivity contribution >= 4 is 17.4 Å². The van der Waals surface area contributed by atoms with Crippen molar-refractivity contribution in [3.05, 3.63) is 94.8 Å². The molecule has 2 heterocycles. The molecule has 0 bridgehead atoms. The summed E-state index contributed by atoms with van der Waals surface area (Å²) in [5.41, 5.74) is -0.350. The number of aliphatic hydroxyl groups excluding tert-OH is 1. The highest BCUT2D eigenvalue weighted by Crippen LogP contribution is 2.42. The number of ether oxygens (including phenoxy) is 2. The highest BCUT2D eigenvalue weighted by Gasteiger charge is 2.46. The van der Waals surface area contributed by atoms with Crippen molar-refractivity contribution in [1.82, 2.24) is 9.88 Å². The Bertz CT molecular complexity index is 1370.